The molecule has 0 radical (unpaired) electrons. The van der Waals surface area contributed by atoms with Gasteiger partial charge < -0.3 is 15.0 Å². The molecular weight excluding hydrogens is 267 g/mol. The molecule has 0 saturated carbocycles. The molecule has 1 rings (SSSR count). The molecule has 0 fully saturated rings. The van der Waals surface area contributed by atoms with Gasteiger partial charge in [0.2, 0.25) is 0 Å². The Hall–Kier alpha value is -0.970. The number of nitrogens with one attached hydrogen (secondary N) is 1. The smallest absolute Gasteiger partial charge is 0.126 e. The zero-order valence-electron chi connectivity index (χ0n) is 13.9. The first-order valence-corrected chi connectivity index (χ1v) is 7.67. The summed E-state index contributed by atoms with van der Waals surface area (Å²) < 4.78 is 19.2. The van der Waals surface area contributed by atoms with Crippen LogP contribution in [0.2, 0.25) is 0 Å². The average Bonchev–Trinajstić information content (AvgIpc) is 2.42. The minimum atomic E-state index is -0.133. The van der Waals surface area contributed by atoms with E-state index >= 15 is 0 Å². The molecule has 120 valence electrons. The minimum absolute atomic E-state index is 0.133. The molecule has 1 N–H and O–H groups in total. The van der Waals surface area contributed by atoms with E-state index in [9.17, 15) is 4.39 Å². The largest absolute Gasteiger partial charge is 0.377 e. The van der Waals surface area contributed by atoms with Crippen LogP contribution in [0.25, 0.3) is 0 Å². The summed E-state index contributed by atoms with van der Waals surface area (Å²) in [6, 6.07) is 5.66. The number of benzene rings is 1. The van der Waals surface area contributed by atoms with E-state index in [1.807, 2.05) is 33.0 Å². The van der Waals surface area contributed by atoms with Crippen LogP contribution in [0.5, 0.6) is 0 Å². The van der Waals surface area contributed by atoms with Crippen molar-refractivity contribution in [1.82, 2.24) is 10.2 Å². The second-order valence-corrected chi connectivity index (χ2v) is 5.86. The fourth-order valence-electron chi connectivity index (χ4n) is 2.21. The lowest BCUT2D eigenvalue weighted by atomic mass is 10.0. The van der Waals surface area contributed by atoms with Crippen molar-refractivity contribution in [2.45, 2.75) is 39.3 Å². The number of likely N-dealkylation sites (N-methyl/N-ethyl adjacent to an activating group) is 1. The molecule has 4 heteroatoms. The fourth-order valence-corrected chi connectivity index (χ4v) is 2.21. The molecule has 21 heavy (non-hydrogen) atoms. The van der Waals surface area contributed by atoms with E-state index in [-0.39, 0.29) is 18.0 Å². The second kappa shape index (κ2) is 9.13. The molecule has 0 heterocycles. The molecule has 0 amide bonds. The van der Waals surface area contributed by atoms with E-state index in [0.717, 1.165) is 31.7 Å². The monoisotopic (exact) mass is 296 g/mol. The van der Waals surface area contributed by atoms with Crippen molar-refractivity contribution in [3.63, 3.8) is 0 Å². The highest BCUT2D eigenvalue weighted by Gasteiger charge is 2.12. The standard InChI is InChI=1S/C17H29FN2O/c1-13(2)21-11-10-20(5)9-8-17(19-4)15-7-6-14(3)16(18)12-15/h6-7,12-13,17,19H,8-11H2,1-5H3. The van der Waals surface area contributed by atoms with Crippen LogP contribution in [0.4, 0.5) is 4.39 Å². The third-order valence-corrected chi connectivity index (χ3v) is 3.67. The summed E-state index contributed by atoms with van der Waals surface area (Å²) in [6.07, 6.45) is 1.22. The first-order valence-electron chi connectivity index (χ1n) is 7.67. The summed E-state index contributed by atoms with van der Waals surface area (Å²) in [7, 11) is 4.01. The van der Waals surface area contributed by atoms with Crippen LogP contribution in [0.15, 0.2) is 18.2 Å². The maximum Gasteiger partial charge on any atom is 0.126 e. The van der Waals surface area contributed by atoms with Crippen molar-refractivity contribution < 1.29 is 9.13 Å². The Kier molecular flexibility index (Phi) is 7.86. The maximum absolute atomic E-state index is 13.7. The zero-order valence-corrected chi connectivity index (χ0v) is 13.9. The van der Waals surface area contributed by atoms with Gasteiger partial charge in [0.05, 0.1) is 12.7 Å². The molecule has 1 aromatic rings. The Morgan fingerprint density at radius 2 is 2.00 bits per heavy atom. The van der Waals surface area contributed by atoms with Crippen molar-refractivity contribution in [2.24, 2.45) is 0 Å². The number of aryl methyl sites for hydroxylation is 1. The van der Waals surface area contributed by atoms with Gasteiger partial charge in [-0.05, 0) is 65.0 Å². The SMILES string of the molecule is CNC(CCN(C)CCOC(C)C)c1ccc(C)c(F)c1. The van der Waals surface area contributed by atoms with Gasteiger partial charge in [0, 0.05) is 12.6 Å². The maximum atomic E-state index is 13.7. The Morgan fingerprint density at radius 3 is 2.57 bits per heavy atom. The number of hydrogen-bond donors (Lipinski definition) is 1. The number of halogens is 1. The fraction of sp³-hybridized carbons (Fsp3) is 0.647. The minimum Gasteiger partial charge on any atom is -0.377 e. The Morgan fingerprint density at radius 1 is 1.29 bits per heavy atom. The van der Waals surface area contributed by atoms with Crippen LogP contribution in [0.1, 0.15) is 37.4 Å². The molecule has 0 aromatic heterocycles. The van der Waals surface area contributed by atoms with E-state index in [4.69, 9.17) is 4.74 Å². The molecule has 0 bridgehead atoms. The number of rotatable bonds is 9. The van der Waals surface area contributed by atoms with Gasteiger partial charge in [-0.3, -0.25) is 0 Å². The molecule has 1 atom stereocenters. The molecular formula is C17H29FN2O. The van der Waals surface area contributed by atoms with Gasteiger partial charge in [-0.2, -0.15) is 0 Å². The van der Waals surface area contributed by atoms with Gasteiger partial charge in [0.15, 0.2) is 0 Å². The van der Waals surface area contributed by atoms with Crippen LogP contribution in [-0.2, 0) is 4.74 Å². The molecule has 3 nitrogen and oxygen atoms in total. The van der Waals surface area contributed by atoms with E-state index in [1.165, 1.54) is 0 Å². The summed E-state index contributed by atoms with van der Waals surface area (Å²) in [5, 5.41) is 3.27. The molecule has 0 spiro atoms. The average molecular weight is 296 g/mol. The van der Waals surface area contributed by atoms with Crippen molar-refractivity contribution in [3.05, 3.63) is 35.1 Å². The lowest BCUT2D eigenvalue weighted by molar-refractivity contribution is 0.0633. The first kappa shape index (κ1) is 18.1. The summed E-state index contributed by atoms with van der Waals surface area (Å²) >= 11 is 0. The van der Waals surface area contributed by atoms with Gasteiger partial charge in [-0.25, -0.2) is 4.39 Å². The quantitative estimate of drug-likeness (QED) is 0.757. The van der Waals surface area contributed by atoms with E-state index in [1.54, 1.807) is 13.0 Å². The van der Waals surface area contributed by atoms with Crippen molar-refractivity contribution in [1.29, 1.82) is 0 Å². The van der Waals surface area contributed by atoms with Crippen LogP contribution in [-0.4, -0.2) is 44.8 Å². The number of nitrogens with zero attached hydrogens (tertiary/aromatic N) is 1. The third-order valence-electron chi connectivity index (χ3n) is 3.67. The predicted molar refractivity (Wildman–Crippen MR) is 86.1 cm³/mol. The molecule has 0 aliphatic carbocycles. The Balaban J connectivity index is 2.45. The Labute approximate surface area is 128 Å². The van der Waals surface area contributed by atoms with Crippen LogP contribution >= 0.6 is 0 Å². The van der Waals surface area contributed by atoms with E-state index in [0.29, 0.717) is 5.56 Å². The highest BCUT2D eigenvalue weighted by atomic mass is 19.1. The van der Waals surface area contributed by atoms with E-state index < -0.39 is 0 Å². The third kappa shape index (κ3) is 6.55. The lowest BCUT2D eigenvalue weighted by Gasteiger charge is -2.22. The number of hydrogen-bond acceptors (Lipinski definition) is 3. The molecule has 0 saturated heterocycles. The second-order valence-electron chi connectivity index (χ2n) is 5.86. The van der Waals surface area contributed by atoms with Gasteiger partial charge in [0.1, 0.15) is 5.82 Å². The molecule has 0 aliphatic rings. The van der Waals surface area contributed by atoms with Gasteiger partial charge in [0.25, 0.3) is 0 Å². The molecule has 1 aromatic carbocycles. The van der Waals surface area contributed by atoms with Crippen LogP contribution in [0.3, 0.4) is 0 Å². The topological polar surface area (TPSA) is 24.5 Å². The first-order chi connectivity index (χ1) is 9.93. The number of ether oxygens (including phenoxy) is 1. The van der Waals surface area contributed by atoms with Crippen molar-refractivity contribution in [3.8, 4) is 0 Å². The summed E-state index contributed by atoms with van der Waals surface area (Å²) in [5.41, 5.74) is 1.70. The van der Waals surface area contributed by atoms with Crippen molar-refractivity contribution >= 4 is 0 Å². The Bertz CT molecular complexity index is 423. The van der Waals surface area contributed by atoms with Crippen LogP contribution < -0.4 is 5.32 Å². The summed E-state index contributed by atoms with van der Waals surface area (Å²) in [5.74, 6) is -0.133. The molecule has 1 unspecified atom stereocenters. The normalized spacial score (nSPS) is 13.1. The summed E-state index contributed by atoms with van der Waals surface area (Å²) in [6.45, 7) is 8.48. The van der Waals surface area contributed by atoms with E-state index in [2.05, 4.69) is 17.3 Å². The molecule has 0 aliphatic heterocycles. The highest BCUT2D eigenvalue weighted by molar-refractivity contribution is 5.25. The zero-order chi connectivity index (χ0) is 15.8. The predicted octanol–water partition coefficient (Wildman–Crippen LogP) is 3.14. The summed E-state index contributed by atoms with van der Waals surface area (Å²) in [4.78, 5) is 2.25. The van der Waals surface area contributed by atoms with Gasteiger partial charge in [-0.15, -0.1) is 0 Å². The van der Waals surface area contributed by atoms with Gasteiger partial charge >= 0.3 is 0 Å². The van der Waals surface area contributed by atoms with Gasteiger partial charge in [-0.1, -0.05) is 12.1 Å². The lowest BCUT2D eigenvalue weighted by Crippen LogP contribution is -2.28. The highest BCUT2D eigenvalue weighted by Crippen LogP contribution is 2.19. The van der Waals surface area contributed by atoms with Crippen LogP contribution in [0, 0.1) is 12.7 Å². The van der Waals surface area contributed by atoms with Crippen molar-refractivity contribution in [2.75, 3.05) is 33.8 Å².